The van der Waals surface area contributed by atoms with Gasteiger partial charge in [0, 0.05) is 11.6 Å². The Morgan fingerprint density at radius 1 is 1.08 bits per heavy atom. The highest BCUT2D eigenvalue weighted by atomic mass is 35.5. The topological polar surface area (TPSA) is 76.7 Å². The van der Waals surface area contributed by atoms with Crippen molar-refractivity contribution in [2.75, 3.05) is 26.1 Å². The van der Waals surface area contributed by atoms with Crippen LogP contribution < -0.4 is 20.1 Å². The first-order valence-electron chi connectivity index (χ1n) is 7.51. The van der Waals surface area contributed by atoms with Crippen LogP contribution in [0.25, 0.3) is 0 Å². The predicted octanol–water partition coefficient (Wildman–Crippen LogP) is 3.03. The minimum absolute atomic E-state index is 0.181. The number of amides is 2. The van der Waals surface area contributed by atoms with Crippen molar-refractivity contribution in [3.05, 3.63) is 52.5 Å². The number of aryl methyl sites for hydroxylation is 1. The van der Waals surface area contributed by atoms with Gasteiger partial charge in [0.25, 0.3) is 5.91 Å². The molecule has 0 bridgehead atoms. The molecule has 0 fully saturated rings. The molecule has 2 aromatic carbocycles. The molecule has 6 nitrogen and oxygen atoms in total. The highest BCUT2D eigenvalue weighted by Crippen LogP contribution is 2.35. The molecule has 132 valence electrons. The summed E-state index contributed by atoms with van der Waals surface area (Å²) in [6, 6.07) is 10.3. The number of anilines is 1. The van der Waals surface area contributed by atoms with Crippen molar-refractivity contribution in [2.45, 2.75) is 6.92 Å². The number of carbonyl (C=O) groups excluding carboxylic acids is 2. The molecule has 25 heavy (non-hydrogen) atoms. The van der Waals surface area contributed by atoms with Gasteiger partial charge in [-0.3, -0.25) is 9.59 Å². The van der Waals surface area contributed by atoms with E-state index in [1.807, 2.05) is 19.1 Å². The Morgan fingerprint density at radius 3 is 2.40 bits per heavy atom. The van der Waals surface area contributed by atoms with Gasteiger partial charge in [-0.2, -0.15) is 0 Å². The van der Waals surface area contributed by atoms with Gasteiger partial charge >= 0.3 is 0 Å². The molecule has 0 saturated heterocycles. The van der Waals surface area contributed by atoms with E-state index in [4.69, 9.17) is 21.1 Å². The number of benzene rings is 2. The Kier molecular flexibility index (Phi) is 6.25. The first-order valence-corrected chi connectivity index (χ1v) is 7.89. The maximum atomic E-state index is 12.1. The molecule has 0 atom stereocenters. The predicted molar refractivity (Wildman–Crippen MR) is 96.7 cm³/mol. The minimum atomic E-state index is -0.401. The largest absolute Gasteiger partial charge is 0.495 e. The Bertz CT molecular complexity index is 793. The van der Waals surface area contributed by atoms with Crippen molar-refractivity contribution in [1.29, 1.82) is 0 Å². The number of halogens is 1. The van der Waals surface area contributed by atoms with Crippen LogP contribution in [0.4, 0.5) is 5.69 Å². The third-order valence-electron chi connectivity index (χ3n) is 3.55. The van der Waals surface area contributed by atoms with Crippen molar-refractivity contribution < 1.29 is 19.1 Å². The van der Waals surface area contributed by atoms with Crippen molar-refractivity contribution in [3.63, 3.8) is 0 Å². The Balaban J connectivity index is 2.02. The molecule has 0 aliphatic heterocycles. The maximum Gasteiger partial charge on any atom is 0.251 e. The van der Waals surface area contributed by atoms with Crippen LogP contribution in [0.2, 0.25) is 5.02 Å². The fourth-order valence-electron chi connectivity index (χ4n) is 2.24. The van der Waals surface area contributed by atoms with Crippen LogP contribution in [0.3, 0.4) is 0 Å². The van der Waals surface area contributed by atoms with Gasteiger partial charge < -0.3 is 20.1 Å². The lowest BCUT2D eigenvalue weighted by atomic mass is 10.1. The van der Waals surface area contributed by atoms with Crippen molar-refractivity contribution >= 4 is 29.1 Å². The molecule has 0 heterocycles. The SMILES string of the molecule is COc1cc(OC)c(NC(=O)CNC(=O)c2ccccc2C)cc1Cl. The van der Waals surface area contributed by atoms with E-state index in [0.29, 0.717) is 27.8 Å². The summed E-state index contributed by atoms with van der Waals surface area (Å²) in [5.74, 6) is 0.124. The Labute approximate surface area is 151 Å². The molecular weight excluding hydrogens is 344 g/mol. The average molecular weight is 363 g/mol. The van der Waals surface area contributed by atoms with Gasteiger partial charge in [-0.25, -0.2) is 0 Å². The van der Waals surface area contributed by atoms with Gasteiger partial charge in [-0.15, -0.1) is 0 Å². The molecule has 2 amide bonds. The van der Waals surface area contributed by atoms with Crippen LogP contribution in [-0.2, 0) is 4.79 Å². The van der Waals surface area contributed by atoms with E-state index in [0.717, 1.165) is 5.56 Å². The zero-order valence-corrected chi connectivity index (χ0v) is 14.9. The van der Waals surface area contributed by atoms with Gasteiger partial charge in [0.1, 0.15) is 11.5 Å². The number of hydrogen-bond acceptors (Lipinski definition) is 4. The van der Waals surface area contributed by atoms with Crippen LogP contribution in [0.5, 0.6) is 11.5 Å². The molecule has 0 saturated carbocycles. The third kappa shape index (κ3) is 4.64. The fourth-order valence-corrected chi connectivity index (χ4v) is 2.48. The van der Waals surface area contributed by atoms with Crippen molar-refractivity contribution in [1.82, 2.24) is 5.32 Å². The lowest BCUT2D eigenvalue weighted by Crippen LogP contribution is -2.33. The van der Waals surface area contributed by atoms with Gasteiger partial charge in [0.05, 0.1) is 31.5 Å². The lowest BCUT2D eigenvalue weighted by Gasteiger charge is -2.13. The van der Waals surface area contributed by atoms with Crippen LogP contribution in [-0.4, -0.2) is 32.6 Å². The number of carbonyl (C=O) groups is 2. The summed E-state index contributed by atoms with van der Waals surface area (Å²) in [5, 5.41) is 5.58. The number of ether oxygens (including phenoxy) is 2. The molecule has 0 spiro atoms. The zero-order valence-electron chi connectivity index (χ0n) is 14.2. The zero-order chi connectivity index (χ0) is 18.4. The number of methoxy groups -OCH3 is 2. The molecule has 0 aliphatic carbocycles. The first-order chi connectivity index (χ1) is 12.0. The molecule has 7 heteroatoms. The summed E-state index contributed by atoms with van der Waals surface area (Å²) >= 11 is 6.07. The summed E-state index contributed by atoms with van der Waals surface area (Å²) in [5.41, 5.74) is 1.76. The van der Waals surface area contributed by atoms with Crippen LogP contribution in [0, 0.1) is 6.92 Å². The lowest BCUT2D eigenvalue weighted by molar-refractivity contribution is -0.115. The van der Waals surface area contributed by atoms with E-state index in [1.54, 1.807) is 18.2 Å². The van der Waals surface area contributed by atoms with E-state index in [1.165, 1.54) is 20.3 Å². The summed E-state index contributed by atoms with van der Waals surface area (Å²) in [6.45, 7) is 1.65. The molecule has 2 rings (SSSR count). The second-order valence-electron chi connectivity index (χ2n) is 5.23. The minimum Gasteiger partial charge on any atom is -0.495 e. The summed E-state index contributed by atoms with van der Waals surface area (Å²) in [7, 11) is 2.96. The molecule has 0 radical (unpaired) electrons. The maximum absolute atomic E-state index is 12.1. The fraction of sp³-hybridized carbons (Fsp3) is 0.222. The van der Waals surface area contributed by atoms with Crippen molar-refractivity contribution in [3.8, 4) is 11.5 Å². The monoisotopic (exact) mass is 362 g/mol. The number of rotatable bonds is 6. The molecule has 2 aromatic rings. The van der Waals surface area contributed by atoms with E-state index in [-0.39, 0.29) is 12.5 Å². The van der Waals surface area contributed by atoms with Gasteiger partial charge in [-0.1, -0.05) is 29.8 Å². The quantitative estimate of drug-likeness (QED) is 0.828. The Morgan fingerprint density at radius 2 is 1.76 bits per heavy atom. The van der Waals surface area contributed by atoms with E-state index < -0.39 is 5.91 Å². The van der Waals surface area contributed by atoms with Crippen LogP contribution in [0.15, 0.2) is 36.4 Å². The van der Waals surface area contributed by atoms with E-state index >= 15 is 0 Å². The molecule has 2 N–H and O–H groups in total. The molecule has 0 aliphatic rings. The van der Waals surface area contributed by atoms with Gasteiger partial charge in [0.2, 0.25) is 5.91 Å². The van der Waals surface area contributed by atoms with E-state index in [2.05, 4.69) is 10.6 Å². The second-order valence-corrected chi connectivity index (χ2v) is 5.64. The molecule has 0 unspecified atom stereocenters. The summed E-state index contributed by atoms with van der Waals surface area (Å²) in [6.07, 6.45) is 0. The summed E-state index contributed by atoms with van der Waals surface area (Å²) in [4.78, 5) is 24.2. The highest BCUT2D eigenvalue weighted by molar-refractivity contribution is 6.32. The number of nitrogens with one attached hydrogen (secondary N) is 2. The van der Waals surface area contributed by atoms with Gasteiger partial charge in [-0.05, 0) is 24.6 Å². The normalized spacial score (nSPS) is 10.1. The Hall–Kier alpha value is -2.73. The third-order valence-corrected chi connectivity index (χ3v) is 3.84. The van der Waals surface area contributed by atoms with Crippen molar-refractivity contribution in [2.24, 2.45) is 0 Å². The number of hydrogen-bond donors (Lipinski definition) is 2. The second kappa shape index (κ2) is 8.39. The van der Waals surface area contributed by atoms with Crippen LogP contribution in [0.1, 0.15) is 15.9 Å². The summed E-state index contributed by atoms with van der Waals surface area (Å²) < 4.78 is 10.3. The smallest absolute Gasteiger partial charge is 0.251 e. The highest BCUT2D eigenvalue weighted by Gasteiger charge is 2.14. The van der Waals surface area contributed by atoms with Crippen LogP contribution >= 0.6 is 11.6 Å². The van der Waals surface area contributed by atoms with E-state index in [9.17, 15) is 9.59 Å². The molecule has 0 aromatic heterocycles. The first kappa shape index (κ1) is 18.6. The average Bonchev–Trinajstić information content (AvgIpc) is 2.60. The standard InChI is InChI=1S/C18H19ClN2O4/c1-11-6-4-5-7-12(11)18(23)20-10-17(22)21-14-8-13(19)15(24-2)9-16(14)25-3/h4-9H,10H2,1-3H3,(H,20,23)(H,21,22). The van der Waals surface area contributed by atoms with Gasteiger partial charge in [0.15, 0.2) is 0 Å². The molecular formula is C18H19ClN2O4.